The average molecular weight is 280 g/mol. The maximum absolute atomic E-state index is 6.01. The Morgan fingerprint density at radius 1 is 1.37 bits per heavy atom. The highest BCUT2D eigenvalue weighted by molar-refractivity contribution is 6.31. The Bertz CT molecular complexity index is 548. The van der Waals surface area contributed by atoms with Gasteiger partial charge in [-0.05, 0) is 43.5 Å². The molecule has 4 heteroatoms. The number of benzene rings is 1. The van der Waals surface area contributed by atoms with Crippen molar-refractivity contribution in [3.05, 3.63) is 29.0 Å². The van der Waals surface area contributed by atoms with Crippen molar-refractivity contribution in [3.8, 4) is 0 Å². The van der Waals surface area contributed by atoms with Gasteiger partial charge in [0.15, 0.2) is 0 Å². The Morgan fingerprint density at radius 2 is 2.16 bits per heavy atom. The molecule has 2 rings (SSSR count). The first-order chi connectivity index (χ1) is 9.15. The number of nitrogens with zero attached hydrogens (tertiary/aromatic N) is 2. The van der Waals surface area contributed by atoms with E-state index in [9.17, 15) is 0 Å². The van der Waals surface area contributed by atoms with Crippen LogP contribution in [0.25, 0.3) is 11.0 Å². The number of aryl methyl sites for hydroxylation is 2. The number of fused-ring (bicyclic) bond motifs is 1. The summed E-state index contributed by atoms with van der Waals surface area (Å²) in [6.45, 7) is 3.01. The van der Waals surface area contributed by atoms with Crippen molar-refractivity contribution in [2.75, 3.05) is 6.54 Å². The standard InChI is InChI=1S/C15H22ClN3/c1-3-11(8-9-17)4-7-15-18-13-10-12(16)5-6-14(13)19(15)2/h5-6,10-11H,3-4,7-9,17H2,1-2H3. The van der Waals surface area contributed by atoms with Gasteiger partial charge >= 0.3 is 0 Å². The van der Waals surface area contributed by atoms with Gasteiger partial charge in [0.25, 0.3) is 0 Å². The number of halogens is 1. The van der Waals surface area contributed by atoms with Crippen LogP contribution in [0, 0.1) is 5.92 Å². The second-order valence-corrected chi connectivity index (χ2v) is 5.55. The van der Waals surface area contributed by atoms with Gasteiger partial charge in [-0.3, -0.25) is 0 Å². The van der Waals surface area contributed by atoms with Crippen LogP contribution < -0.4 is 5.73 Å². The Hall–Kier alpha value is -1.06. The third-order valence-corrected chi connectivity index (χ3v) is 4.10. The summed E-state index contributed by atoms with van der Waals surface area (Å²) in [5.74, 6) is 1.83. The molecule has 0 amide bonds. The van der Waals surface area contributed by atoms with E-state index in [1.807, 2.05) is 18.2 Å². The summed E-state index contributed by atoms with van der Waals surface area (Å²) in [4.78, 5) is 4.69. The average Bonchev–Trinajstić information content (AvgIpc) is 2.70. The van der Waals surface area contributed by atoms with Gasteiger partial charge in [0.2, 0.25) is 0 Å². The summed E-state index contributed by atoms with van der Waals surface area (Å²) >= 11 is 6.01. The molecule has 2 N–H and O–H groups in total. The van der Waals surface area contributed by atoms with Crippen molar-refractivity contribution in [2.24, 2.45) is 18.7 Å². The first-order valence-corrected chi connectivity index (χ1v) is 7.34. The maximum atomic E-state index is 6.01. The molecule has 19 heavy (non-hydrogen) atoms. The molecule has 1 unspecified atom stereocenters. The van der Waals surface area contributed by atoms with Crippen LogP contribution in [0.3, 0.4) is 0 Å². The first-order valence-electron chi connectivity index (χ1n) is 6.96. The maximum Gasteiger partial charge on any atom is 0.109 e. The van der Waals surface area contributed by atoms with Crippen molar-refractivity contribution in [3.63, 3.8) is 0 Å². The van der Waals surface area contributed by atoms with Crippen LogP contribution in [-0.4, -0.2) is 16.1 Å². The molecule has 0 radical (unpaired) electrons. The van der Waals surface area contributed by atoms with Crippen molar-refractivity contribution in [2.45, 2.75) is 32.6 Å². The topological polar surface area (TPSA) is 43.8 Å². The molecule has 1 heterocycles. The third-order valence-electron chi connectivity index (χ3n) is 3.86. The van der Waals surface area contributed by atoms with E-state index >= 15 is 0 Å². The van der Waals surface area contributed by atoms with E-state index in [0.29, 0.717) is 5.92 Å². The number of hydrogen-bond acceptors (Lipinski definition) is 2. The fourth-order valence-corrected chi connectivity index (χ4v) is 2.73. The zero-order valence-electron chi connectivity index (χ0n) is 11.7. The second-order valence-electron chi connectivity index (χ2n) is 5.11. The molecule has 1 aromatic carbocycles. The fourth-order valence-electron chi connectivity index (χ4n) is 2.57. The van der Waals surface area contributed by atoms with Crippen molar-refractivity contribution in [1.29, 1.82) is 0 Å². The van der Waals surface area contributed by atoms with E-state index in [-0.39, 0.29) is 0 Å². The minimum absolute atomic E-state index is 0.702. The molecular formula is C15H22ClN3. The summed E-state index contributed by atoms with van der Waals surface area (Å²) < 4.78 is 2.17. The molecule has 0 aliphatic carbocycles. The molecule has 0 fully saturated rings. The van der Waals surface area contributed by atoms with Crippen LogP contribution in [0.1, 0.15) is 32.0 Å². The number of hydrogen-bond donors (Lipinski definition) is 1. The van der Waals surface area contributed by atoms with Crippen molar-refractivity contribution >= 4 is 22.6 Å². The Balaban J connectivity index is 2.14. The summed E-state index contributed by atoms with van der Waals surface area (Å²) in [7, 11) is 2.07. The van der Waals surface area contributed by atoms with E-state index in [1.165, 1.54) is 6.42 Å². The Morgan fingerprint density at radius 3 is 2.84 bits per heavy atom. The molecule has 1 atom stereocenters. The molecule has 0 bridgehead atoms. The lowest BCUT2D eigenvalue weighted by molar-refractivity contribution is 0.437. The summed E-state index contributed by atoms with van der Waals surface area (Å²) in [5.41, 5.74) is 7.77. The van der Waals surface area contributed by atoms with Crippen LogP contribution in [0.4, 0.5) is 0 Å². The van der Waals surface area contributed by atoms with E-state index in [1.54, 1.807) is 0 Å². The number of imidazole rings is 1. The monoisotopic (exact) mass is 279 g/mol. The summed E-state index contributed by atoms with van der Waals surface area (Å²) in [6, 6.07) is 5.88. The molecule has 0 saturated carbocycles. The van der Waals surface area contributed by atoms with Crippen LogP contribution >= 0.6 is 11.6 Å². The molecule has 104 valence electrons. The van der Waals surface area contributed by atoms with Gasteiger partial charge < -0.3 is 10.3 Å². The van der Waals surface area contributed by atoms with E-state index in [0.717, 1.165) is 47.7 Å². The molecule has 0 aliphatic heterocycles. The minimum Gasteiger partial charge on any atom is -0.331 e. The zero-order valence-corrected chi connectivity index (χ0v) is 12.5. The van der Waals surface area contributed by atoms with Crippen LogP contribution in [0.2, 0.25) is 5.02 Å². The molecule has 2 aromatic rings. The predicted molar refractivity (Wildman–Crippen MR) is 81.5 cm³/mol. The highest BCUT2D eigenvalue weighted by Crippen LogP contribution is 2.22. The highest BCUT2D eigenvalue weighted by atomic mass is 35.5. The smallest absolute Gasteiger partial charge is 0.109 e. The van der Waals surface area contributed by atoms with E-state index < -0.39 is 0 Å². The lowest BCUT2D eigenvalue weighted by atomic mass is 9.96. The van der Waals surface area contributed by atoms with Gasteiger partial charge in [-0.2, -0.15) is 0 Å². The minimum atomic E-state index is 0.702. The third kappa shape index (κ3) is 3.28. The molecule has 3 nitrogen and oxygen atoms in total. The summed E-state index contributed by atoms with van der Waals surface area (Å²) in [6.07, 6.45) is 4.44. The van der Waals surface area contributed by atoms with Gasteiger partial charge in [0, 0.05) is 18.5 Å². The normalized spacial score (nSPS) is 13.1. The van der Waals surface area contributed by atoms with Gasteiger partial charge in [0.1, 0.15) is 5.82 Å². The van der Waals surface area contributed by atoms with Crippen molar-refractivity contribution in [1.82, 2.24) is 9.55 Å². The number of aromatic nitrogens is 2. The first kappa shape index (κ1) is 14.4. The number of rotatable bonds is 6. The van der Waals surface area contributed by atoms with Gasteiger partial charge in [-0.1, -0.05) is 24.9 Å². The number of nitrogens with two attached hydrogens (primary N) is 1. The molecule has 0 saturated heterocycles. The van der Waals surface area contributed by atoms with E-state index in [4.69, 9.17) is 17.3 Å². The Kier molecular flexibility index (Phi) is 4.83. The fraction of sp³-hybridized carbons (Fsp3) is 0.533. The lowest BCUT2D eigenvalue weighted by Crippen LogP contribution is -2.10. The highest BCUT2D eigenvalue weighted by Gasteiger charge is 2.11. The van der Waals surface area contributed by atoms with Gasteiger partial charge in [0.05, 0.1) is 11.0 Å². The molecule has 0 spiro atoms. The molecular weight excluding hydrogens is 258 g/mol. The van der Waals surface area contributed by atoms with Crippen LogP contribution in [-0.2, 0) is 13.5 Å². The lowest BCUT2D eigenvalue weighted by Gasteiger charge is -2.12. The summed E-state index contributed by atoms with van der Waals surface area (Å²) in [5, 5.41) is 0.742. The van der Waals surface area contributed by atoms with E-state index in [2.05, 4.69) is 23.5 Å². The predicted octanol–water partition coefficient (Wildman–Crippen LogP) is 3.53. The molecule has 1 aromatic heterocycles. The van der Waals surface area contributed by atoms with Gasteiger partial charge in [-0.15, -0.1) is 0 Å². The van der Waals surface area contributed by atoms with Gasteiger partial charge in [-0.25, -0.2) is 4.98 Å². The Labute approximate surface area is 119 Å². The SMILES string of the molecule is CCC(CCN)CCc1nc2cc(Cl)ccc2n1C. The quantitative estimate of drug-likeness (QED) is 0.879. The van der Waals surface area contributed by atoms with Crippen molar-refractivity contribution < 1.29 is 0 Å². The van der Waals surface area contributed by atoms with Crippen LogP contribution in [0.15, 0.2) is 18.2 Å². The molecule has 0 aliphatic rings. The van der Waals surface area contributed by atoms with Crippen LogP contribution in [0.5, 0.6) is 0 Å². The second kappa shape index (κ2) is 6.40. The zero-order chi connectivity index (χ0) is 13.8. The largest absolute Gasteiger partial charge is 0.331 e.